The fraction of sp³-hybridized carbons (Fsp3) is 0.222. The van der Waals surface area contributed by atoms with Crippen LogP contribution in [0.2, 0.25) is 0 Å². The average Bonchev–Trinajstić information content (AvgIpc) is 2.85. The van der Waals surface area contributed by atoms with Crippen LogP contribution in [-0.2, 0) is 22.7 Å². The largest absolute Gasteiger partial charge is 0.350 e. The van der Waals surface area contributed by atoms with Crippen molar-refractivity contribution in [3.8, 4) is 0 Å². The zero-order chi connectivity index (χ0) is 24.1. The molecule has 1 heterocycles. The lowest BCUT2D eigenvalue weighted by Crippen LogP contribution is -2.53. The van der Waals surface area contributed by atoms with Gasteiger partial charge < -0.3 is 10.6 Å². The summed E-state index contributed by atoms with van der Waals surface area (Å²) in [6.07, 6.45) is 0. The Morgan fingerprint density at radius 1 is 0.853 bits per heavy atom. The van der Waals surface area contributed by atoms with Crippen LogP contribution in [-0.4, -0.2) is 30.9 Å². The molecule has 0 unspecified atom stereocenters. The van der Waals surface area contributed by atoms with Gasteiger partial charge >= 0.3 is 6.03 Å². The first-order chi connectivity index (χ1) is 16.4. The predicted octanol–water partition coefficient (Wildman–Crippen LogP) is 3.68. The third-order valence-corrected chi connectivity index (χ3v) is 5.87. The number of hydrogen-bond donors (Lipinski definition) is 2. The number of nitrogens with one attached hydrogen (secondary N) is 2. The second-order valence-corrected chi connectivity index (χ2v) is 8.41. The molecule has 3 aromatic carbocycles. The van der Waals surface area contributed by atoms with Crippen molar-refractivity contribution >= 4 is 29.2 Å². The monoisotopic (exact) mass is 456 g/mol. The van der Waals surface area contributed by atoms with E-state index < -0.39 is 0 Å². The standard InChI is InChI=1S/C27H28N4O3/c1-19-12-13-20(2)22(14-19)16-28-25(32)17-30-23-10-6-7-11-24(23)31(18-26(30)33)27(34)29-15-21-8-4-3-5-9-21/h3-14H,15-18H2,1-2H3,(H,28,32)(H,29,34). The highest BCUT2D eigenvalue weighted by Gasteiger charge is 2.33. The molecule has 34 heavy (non-hydrogen) atoms. The molecule has 0 bridgehead atoms. The Morgan fingerprint density at radius 3 is 2.32 bits per heavy atom. The predicted molar refractivity (Wildman–Crippen MR) is 133 cm³/mol. The van der Waals surface area contributed by atoms with E-state index in [2.05, 4.69) is 10.6 Å². The molecule has 0 saturated heterocycles. The van der Waals surface area contributed by atoms with E-state index in [0.717, 1.165) is 22.3 Å². The Bertz CT molecular complexity index is 1210. The number of carbonyl (C=O) groups excluding carboxylic acids is 3. The van der Waals surface area contributed by atoms with Crippen molar-refractivity contribution in [1.29, 1.82) is 0 Å². The Labute approximate surface area is 199 Å². The second kappa shape index (κ2) is 10.2. The Balaban J connectivity index is 1.44. The molecular formula is C27H28N4O3. The molecule has 0 saturated carbocycles. The number of nitrogens with zero attached hydrogens (tertiary/aromatic N) is 2. The number of para-hydroxylation sites is 2. The summed E-state index contributed by atoms with van der Waals surface area (Å²) < 4.78 is 0. The van der Waals surface area contributed by atoms with E-state index in [0.29, 0.717) is 24.5 Å². The van der Waals surface area contributed by atoms with E-state index >= 15 is 0 Å². The van der Waals surface area contributed by atoms with Gasteiger partial charge in [-0.2, -0.15) is 0 Å². The maximum absolute atomic E-state index is 13.0. The molecule has 0 spiro atoms. The number of benzene rings is 3. The van der Waals surface area contributed by atoms with E-state index in [9.17, 15) is 14.4 Å². The first-order valence-corrected chi connectivity index (χ1v) is 11.2. The zero-order valence-corrected chi connectivity index (χ0v) is 19.4. The van der Waals surface area contributed by atoms with E-state index in [1.807, 2.05) is 68.4 Å². The van der Waals surface area contributed by atoms with Gasteiger partial charge in [0.25, 0.3) is 0 Å². The molecule has 7 nitrogen and oxygen atoms in total. The lowest BCUT2D eigenvalue weighted by Gasteiger charge is -2.35. The van der Waals surface area contributed by atoms with Crippen molar-refractivity contribution in [3.63, 3.8) is 0 Å². The van der Waals surface area contributed by atoms with Crippen LogP contribution in [0.3, 0.4) is 0 Å². The second-order valence-electron chi connectivity index (χ2n) is 8.41. The highest BCUT2D eigenvalue weighted by Crippen LogP contribution is 2.33. The molecule has 0 aromatic heterocycles. The van der Waals surface area contributed by atoms with Crippen LogP contribution in [0.4, 0.5) is 16.2 Å². The summed E-state index contributed by atoms with van der Waals surface area (Å²) in [4.78, 5) is 41.4. The molecule has 4 rings (SSSR count). The van der Waals surface area contributed by atoms with E-state index in [1.165, 1.54) is 9.80 Å². The number of hydrogen-bond acceptors (Lipinski definition) is 3. The Hall–Kier alpha value is -4.13. The number of amides is 4. The number of urea groups is 1. The van der Waals surface area contributed by atoms with Gasteiger partial charge in [-0.3, -0.25) is 19.4 Å². The average molecular weight is 457 g/mol. The highest BCUT2D eigenvalue weighted by atomic mass is 16.2. The van der Waals surface area contributed by atoms with Crippen LogP contribution in [0.1, 0.15) is 22.3 Å². The molecular weight excluding hydrogens is 428 g/mol. The Kier molecular flexibility index (Phi) is 6.92. The third kappa shape index (κ3) is 5.26. The van der Waals surface area contributed by atoms with Crippen LogP contribution in [0, 0.1) is 13.8 Å². The summed E-state index contributed by atoms with van der Waals surface area (Å²) in [6.45, 7) is 4.52. The number of anilines is 2. The maximum Gasteiger partial charge on any atom is 0.322 e. The molecule has 4 amide bonds. The van der Waals surface area contributed by atoms with Crippen molar-refractivity contribution in [3.05, 3.63) is 95.1 Å². The van der Waals surface area contributed by atoms with Gasteiger partial charge in [-0.1, -0.05) is 66.2 Å². The molecule has 0 atom stereocenters. The van der Waals surface area contributed by atoms with Crippen LogP contribution in [0.25, 0.3) is 0 Å². The van der Waals surface area contributed by atoms with Crippen molar-refractivity contribution in [2.24, 2.45) is 0 Å². The quantitative estimate of drug-likeness (QED) is 0.594. The van der Waals surface area contributed by atoms with Crippen LogP contribution in [0.5, 0.6) is 0 Å². The van der Waals surface area contributed by atoms with Gasteiger partial charge in [-0.25, -0.2) is 4.79 Å². The fourth-order valence-electron chi connectivity index (χ4n) is 3.97. The first-order valence-electron chi connectivity index (χ1n) is 11.2. The van der Waals surface area contributed by atoms with Crippen LogP contribution >= 0.6 is 0 Å². The van der Waals surface area contributed by atoms with Gasteiger partial charge in [0.2, 0.25) is 11.8 Å². The minimum absolute atomic E-state index is 0.111. The SMILES string of the molecule is Cc1ccc(C)c(CNC(=O)CN2C(=O)CN(C(=O)NCc3ccccc3)c3ccccc32)c1. The van der Waals surface area contributed by atoms with Gasteiger partial charge in [0.15, 0.2) is 0 Å². The summed E-state index contributed by atoms with van der Waals surface area (Å²) in [6, 6.07) is 22.5. The first kappa shape index (κ1) is 23.0. The summed E-state index contributed by atoms with van der Waals surface area (Å²) in [5, 5.41) is 5.78. The number of carbonyl (C=O) groups is 3. The normalized spacial score (nSPS) is 12.8. The summed E-state index contributed by atoms with van der Waals surface area (Å²) in [5.74, 6) is -0.568. The zero-order valence-electron chi connectivity index (χ0n) is 19.4. The van der Waals surface area contributed by atoms with Gasteiger partial charge in [-0.05, 0) is 42.7 Å². The molecule has 2 N–H and O–H groups in total. The summed E-state index contributed by atoms with van der Waals surface area (Å²) in [7, 11) is 0. The van der Waals surface area contributed by atoms with Gasteiger partial charge in [0.1, 0.15) is 13.1 Å². The highest BCUT2D eigenvalue weighted by molar-refractivity contribution is 6.12. The van der Waals surface area contributed by atoms with E-state index in [4.69, 9.17) is 0 Å². The molecule has 3 aromatic rings. The lowest BCUT2D eigenvalue weighted by atomic mass is 10.1. The van der Waals surface area contributed by atoms with Gasteiger partial charge in [0, 0.05) is 13.1 Å². The minimum Gasteiger partial charge on any atom is -0.350 e. The van der Waals surface area contributed by atoms with Crippen LogP contribution < -0.4 is 20.4 Å². The van der Waals surface area contributed by atoms with Gasteiger partial charge in [-0.15, -0.1) is 0 Å². The molecule has 0 radical (unpaired) electrons. The molecule has 174 valence electrons. The number of rotatable bonds is 6. The van der Waals surface area contributed by atoms with Gasteiger partial charge in [0.05, 0.1) is 11.4 Å². The smallest absolute Gasteiger partial charge is 0.322 e. The van der Waals surface area contributed by atoms with Crippen molar-refractivity contribution in [1.82, 2.24) is 10.6 Å². The molecule has 0 aliphatic carbocycles. The van der Waals surface area contributed by atoms with E-state index in [1.54, 1.807) is 18.2 Å². The number of aryl methyl sites for hydroxylation is 2. The molecule has 1 aliphatic rings. The third-order valence-electron chi connectivity index (χ3n) is 5.87. The maximum atomic E-state index is 13.0. The summed E-state index contributed by atoms with van der Waals surface area (Å²) >= 11 is 0. The molecule has 1 aliphatic heterocycles. The number of fused-ring (bicyclic) bond motifs is 1. The van der Waals surface area contributed by atoms with Crippen molar-refractivity contribution < 1.29 is 14.4 Å². The Morgan fingerprint density at radius 2 is 1.56 bits per heavy atom. The summed E-state index contributed by atoms with van der Waals surface area (Å²) in [5.41, 5.74) is 5.36. The lowest BCUT2D eigenvalue weighted by molar-refractivity contribution is -0.123. The van der Waals surface area contributed by atoms with Crippen molar-refractivity contribution in [2.75, 3.05) is 22.9 Å². The molecule has 7 heteroatoms. The molecule has 0 fully saturated rings. The van der Waals surface area contributed by atoms with Crippen LogP contribution in [0.15, 0.2) is 72.8 Å². The van der Waals surface area contributed by atoms with Crippen molar-refractivity contribution in [2.45, 2.75) is 26.9 Å². The van der Waals surface area contributed by atoms with E-state index in [-0.39, 0.29) is 30.9 Å². The fourth-order valence-corrected chi connectivity index (χ4v) is 3.97. The minimum atomic E-state index is -0.358. The topological polar surface area (TPSA) is 81.8 Å².